The van der Waals surface area contributed by atoms with Crippen LogP contribution in [0.2, 0.25) is 0 Å². The molecule has 16 heteroatoms. The van der Waals surface area contributed by atoms with Gasteiger partial charge in [0.1, 0.15) is 17.7 Å². The Hall–Kier alpha value is -6.39. The number of amides is 4. The van der Waals surface area contributed by atoms with Crippen LogP contribution in [0.1, 0.15) is 63.8 Å². The number of aliphatic hydroxyl groups excluding tert-OH is 2. The van der Waals surface area contributed by atoms with E-state index in [4.69, 9.17) is 0 Å². The lowest BCUT2D eigenvalue weighted by molar-refractivity contribution is -0.122. The second kappa shape index (κ2) is 17.6. The van der Waals surface area contributed by atoms with Crippen LogP contribution < -0.4 is 26.6 Å². The number of esters is 1. The molecule has 6 rings (SSSR count). The second-order valence-electron chi connectivity index (χ2n) is 13.0. The maximum atomic E-state index is 13.5. The molecular weight excluding hydrogens is 706 g/mol. The maximum Gasteiger partial charge on any atom is 0.337 e. The Morgan fingerprint density at radius 3 is 2.16 bits per heavy atom. The minimum Gasteiger partial charge on any atom is -0.465 e. The Labute approximate surface area is 316 Å². The molecule has 7 N–H and O–H groups in total. The van der Waals surface area contributed by atoms with Gasteiger partial charge in [-0.1, -0.05) is 67.6 Å². The molecule has 0 aliphatic heterocycles. The van der Waals surface area contributed by atoms with Crippen molar-refractivity contribution in [2.75, 3.05) is 37.4 Å². The highest BCUT2D eigenvalue weighted by Gasteiger charge is 2.44. The van der Waals surface area contributed by atoms with Crippen LogP contribution in [0.5, 0.6) is 0 Å². The molecule has 286 valence electrons. The average molecular weight is 750 g/mol. The maximum absolute atomic E-state index is 13.5. The molecule has 3 aromatic carbocycles. The third-order valence-corrected chi connectivity index (χ3v) is 9.44. The van der Waals surface area contributed by atoms with Gasteiger partial charge in [-0.3, -0.25) is 9.59 Å². The summed E-state index contributed by atoms with van der Waals surface area (Å²) in [6.07, 6.45) is -0.596. The van der Waals surface area contributed by atoms with E-state index in [9.17, 15) is 29.4 Å². The van der Waals surface area contributed by atoms with Crippen LogP contribution in [0.25, 0.3) is 11.2 Å². The van der Waals surface area contributed by atoms with Gasteiger partial charge in [0, 0.05) is 37.7 Å². The molecule has 2 aromatic heterocycles. The van der Waals surface area contributed by atoms with Crippen molar-refractivity contribution in [2.24, 2.45) is 0 Å². The zero-order chi connectivity index (χ0) is 38.9. The normalized spacial score (nSPS) is 17.8. The quantitative estimate of drug-likeness (QED) is 0.0646. The van der Waals surface area contributed by atoms with Crippen LogP contribution in [0.3, 0.4) is 0 Å². The topological polar surface area (TPSA) is 222 Å². The summed E-state index contributed by atoms with van der Waals surface area (Å²) in [5.41, 5.74) is 3.51. The fourth-order valence-electron chi connectivity index (χ4n) is 6.53. The minimum absolute atomic E-state index is 0.0351. The lowest BCUT2D eigenvalue weighted by atomic mass is 9.91. The Bertz CT molecular complexity index is 2070. The molecule has 0 spiro atoms. The summed E-state index contributed by atoms with van der Waals surface area (Å²) < 4.78 is 6.28. The molecule has 1 fully saturated rings. The van der Waals surface area contributed by atoms with Crippen molar-refractivity contribution in [1.82, 2.24) is 35.5 Å². The van der Waals surface area contributed by atoms with Crippen LogP contribution in [-0.2, 0) is 9.53 Å². The number of nitrogens with one attached hydrogen (secondary N) is 5. The van der Waals surface area contributed by atoms with Gasteiger partial charge >= 0.3 is 12.0 Å². The number of nitrogens with zero attached hydrogens (tertiary/aromatic N) is 4. The molecule has 1 aliphatic carbocycles. The van der Waals surface area contributed by atoms with Gasteiger partial charge in [-0.2, -0.15) is 0 Å². The minimum atomic E-state index is -1.26. The largest absolute Gasteiger partial charge is 0.465 e. The standard InChI is InChI=1S/C39H43N9O7/c1-3-30(49)45-28-20-29(33(51)32(28)50)48-22-43-31-34(42-21-27(23-10-6-4-7-11-23)24-12-8-5-9-13-24)46-35(47-36(31)48)37(52)40-18-19-41-39(54)44-26-16-14-25(15-17-26)38(53)55-2/h4-17,22,27-29,32-33,50-51H,3,18-21H2,1-2H3,(H,40,52)(H,45,49)(H2,41,44,54)(H,42,46,47)/t28-,29+,32+,33-/m0/s1. The average Bonchev–Trinajstić information content (AvgIpc) is 3.76. The van der Waals surface area contributed by atoms with Crippen molar-refractivity contribution in [3.63, 3.8) is 0 Å². The molecule has 5 aromatic rings. The van der Waals surface area contributed by atoms with E-state index in [1.54, 1.807) is 23.6 Å². The van der Waals surface area contributed by atoms with Crippen LogP contribution in [0.4, 0.5) is 16.3 Å². The number of aliphatic hydroxyl groups is 2. The third kappa shape index (κ3) is 9.05. The van der Waals surface area contributed by atoms with E-state index in [1.165, 1.54) is 25.6 Å². The summed E-state index contributed by atoms with van der Waals surface area (Å²) in [6.45, 7) is 2.18. The second-order valence-corrected chi connectivity index (χ2v) is 13.0. The number of rotatable bonds is 14. The van der Waals surface area contributed by atoms with Crippen molar-refractivity contribution in [3.05, 3.63) is 114 Å². The molecule has 1 saturated carbocycles. The molecule has 16 nitrogen and oxygen atoms in total. The summed E-state index contributed by atoms with van der Waals surface area (Å²) in [4.78, 5) is 63.6. The van der Waals surface area contributed by atoms with Crippen molar-refractivity contribution in [1.29, 1.82) is 0 Å². The van der Waals surface area contributed by atoms with E-state index in [1.807, 2.05) is 60.7 Å². The molecule has 0 radical (unpaired) electrons. The van der Waals surface area contributed by atoms with Crippen molar-refractivity contribution < 1.29 is 34.1 Å². The number of benzene rings is 3. The number of ether oxygens (including phenoxy) is 1. The Morgan fingerprint density at radius 1 is 0.873 bits per heavy atom. The monoisotopic (exact) mass is 749 g/mol. The molecule has 0 unspecified atom stereocenters. The number of carbonyl (C=O) groups is 4. The highest BCUT2D eigenvalue weighted by Crippen LogP contribution is 2.34. The van der Waals surface area contributed by atoms with Crippen LogP contribution >= 0.6 is 0 Å². The Morgan fingerprint density at radius 2 is 1.53 bits per heavy atom. The van der Waals surface area contributed by atoms with Crippen molar-refractivity contribution >= 4 is 46.5 Å². The number of hydrogen-bond donors (Lipinski definition) is 7. The first-order chi connectivity index (χ1) is 26.7. The van der Waals surface area contributed by atoms with Gasteiger partial charge in [0.05, 0.1) is 31.1 Å². The Kier molecular flexibility index (Phi) is 12.3. The number of fused-ring (bicyclic) bond motifs is 1. The molecule has 4 atom stereocenters. The summed E-state index contributed by atoms with van der Waals surface area (Å²) in [5.74, 6) is -1.37. The van der Waals surface area contributed by atoms with Crippen LogP contribution in [-0.4, -0.2) is 98.5 Å². The first-order valence-electron chi connectivity index (χ1n) is 17.9. The van der Waals surface area contributed by atoms with Crippen LogP contribution in [0, 0.1) is 0 Å². The predicted molar refractivity (Wildman–Crippen MR) is 204 cm³/mol. The van der Waals surface area contributed by atoms with E-state index in [2.05, 4.69) is 46.3 Å². The SMILES string of the molecule is CCC(=O)N[C@H]1C[C@@H](n2cnc3c(NCC(c4ccccc4)c4ccccc4)nc(C(=O)NCCNC(=O)Nc4ccc(C(=O)OC)cc4)nc32)[C@H](O)[C@@H]1O. The summed E-state index contributed by atoms with van der Waals surface area (Å²) >= 11 is 0. The van der Waals surface area contributed by atoms with Gasteiger partial charge in [-0.15, -0.1) is 0 Å². The number of urea groups is 1. The van der Waals surface area contributed by atoms with E-state index in [-0.39, 0.29) is 55.0 Å². The smallest absolute Gasteiger partial charge is 0.337 e. The summed E-state index contributed by atoms with van der Waals surface area (Å²) in [7, 11) is 1.28. The number of hydrogen-bond acceptors (Lipinski definition) is 11. The van der Waals surface area contributed by atoms with E-state index >= 15 is 0 Å². The summed E-state index contributed by atoms with van der Waals surface area (Å²) in [6, 6.07) is 24.2. The zero-order valence-electron chi connectivity index (χ0n) is 30.3. The number of anilines is 2. The first-order valence-corrected chi connectivity index (χ1v) is 17.9. The predicted octanol–water partition coefficient (Wildman–Crippen LogP) is 2.97. The fourth-order valence-corrected chi connectivity index (χ4v) is 6.53. The highest BCUT2D eigenvalue weighted by atomic mass is 16.5. The molecular formula is C39H43N9O7. The van der Waals surface area contributed by atoms with E-state index in [0.29, 0.717) is 23.3 Å². The van der Waals surface area contributed by atoms with Crippen molar-refractivity contribution in [3.8, 4) is 0 Å². The molecule has 55 heavy (non-hydrogen) atoms. The molecule has 1 aliphatic rings. The van der Waals surface area contributed by atoms with Gasteiger partial charge in [0.25, 0.3) is 5.91 Å². The molecule has 2 heterocycles. The lowest BCUT2D eigenvalue weighted by Crippen LogP contribution is -2.42. The van der Waals surface area contributed by atoms with Gasteiger partial charge in [0.15, 0.2) is 11.5 Å². The Balaban J connectivity index is 1.21. The number of aromatic nitrogens is 4. The van der Waals surface area contributed by atoms with E-state index < -0.39 is 42.2 Å². The molecule has 0 saturated heterocycles. The van der Waals surface area contributed by atoms with Gasteiger partial charge in [0.2, 0.25) is 11.7 Å². The van der Waals surface area contributed by atoms with Gasteiger partial charge < -0.3 is 46.1 Å². The number of imidazole rings is 1. The van der Waals surface area contributed by atoms with Gasteiger partial charge in [-0.05, 0) is 41.8 Å². The summed E-state index contributed by atoms with van der Waals surface area (Å²) in [5, 5.41) is 36.1. The van der Waals surface area contributed by atoms with Crippen LogP contribution in [0.15, 0.2) is 91.3 Å². The zero-order valence-corrected chi connectivity index (χ0v) is 30.3. The molecule has 4 amide bonds. The van der Waals surface area contributed by atoms with Gasteiger partial charge in [-0.25, -0.2) is 24.5 Å². The van der Waals surface area contributed by atoms with E-state index in [0.717, 1.165) is 11.1 Å². The highest BCUT2D eigenvalue weighted by molar-refractivity contribution is 5.95. The van der Waals surface area contributed by atoms with Crippen molar-refractivity contribution in [2.45, 2.75) is 50.0 Å². The fraction of sp³-hybridized carbons (Fsp3) is 0.308. The number of carbonyl (C=O) groups excluding carboxylic acids is 4. The molecule has 0 bridgehead atoms. The first kappa shape index (κ1) is 38.3. The number of methoxy groups -OCH3 is 1. The third-order valence-electron chi connectivity index (χ3n) is 9.44. The lowest BCUT2D eigenvalue weighted by Gasteiger charge is -2.20.